The molecule has 3 aromatic rings. The summed E-state index contributed by atoms with van der Waals surface area (Å²) in [7, 11) is 0. The molecule has 0 aromatic heterocycles. The first-order valence-electron chi connectivity index (χ1n) is 13.8. The lowest BCUT2D eigenvalue weighted by Crippen LogP contribution is -2.54. The molecule has 3 aromatic carbocycles. The standard InChI is InChI=1S/C31H33N3O5S/c1-3-39-23-12-10-21(11-13-23)32-28(36)25-24-14-15-31(40-24)26(25)30(38)34(18(2)17-35)27(31)29(37)33-22-9-8-19-6-4-5-7-20(19)16-22/h4-13,16,18,24-27,35H,3,14-15,17H2,1-2H3,(H,32,36)(H,33,37)/t18-,24-,25+,26+,27?,31?/m1/s1. The predicted octanol–water partition coefficient (Wildman–Crippen LogP) is 4.29. The fourth-order valence-electron chi connectivity index (χ4n) is 6.76. The number of likely N-dealkylation sites (tertiary alicyclic amines) is 1. The highest BCUT2D eigenvalue weighted by molar-refractivity contribution is 8.02. The van der Waals surface area contributed by atoms with Gasteiger partial charge in [0.1, 0.15) is 11.8 Å². The van der Waals surface area contributed by atoms with Gasteiger partial charge in [0, 0.05) is 16.6 Å². The van der Waals surface area contributed by atoms with Crippen molar-refractivity contribution in [1.82, 2.24) is 4.90 Å². The van der Waals surface area contributed by atoms with Crippen molar-refractivity contribution < 1.29 is 24.2 Å². The summed E-state index contributed by atoms with van der Waals surface area (Å²) < 4.78 is 4.76. The zero-order valence-electron chi connectivity index (χ0n) is 22.5. The first kappa shape index (κ1) is 26.7. The Hall–Kier alpha value is -3.56. The van der Waals surface area contributed by atoms with E-state index in [0.29, 0.717) is 24.4 Å². The molecule has 3 fully saturated rings. The summed E-state index contributed by atoms with van der Waals surface area (Å²) in [6.07, 6.45) is 1.41. The van der Waals surface area contributed by atoms with Crippen LogP contribution >= 0.6 is 11.8 Å². The smallest absolute Gasteiger partial charge is 0.248 e. The molecule has 208 valence electrons. The number of anilines is 2. The third kappa shape index (κ3) is 4.32. The second-order valence-electron chi connectivity index (χ2n) is 10.8. The van der Waals surface area contributed by atoms with Crippen molar-refractivity contribution in [3.8, 4) is 5.75 Å². The summed E-state index contributed by atoms with van der Waals surface area (Å²) in [4.78, 5) is 43.2. The molecule has 3 saturated heterocycles. The molecule has 3 aliphatic heterocycles. The molecule has 6 rings (SSSR count). The van der Waals surface area contributed by atoms with Crippen LogP contribution in [0, 0.1) is 11.8 Å². The summed E-state index contributed by atoms with van der Waals surface area (Å²) in [5.41, 5.74) is 1.28. The van der Waals surface area contributed by atoms with Crippen LogP contribution in [0.3, 0.4) is 0 Å². The van der Waals surface area contributed by atoms with Gasteiger partial charge in [0.15, 0.2) is 0 Å². The zero-order valence-corrected chi connectivity index (χ0v) is 23.3. The molecule has 40 heavy (non-hydrogen) atoms. The number of amides is 3. The highest BCUT2D eigenvalue weighted by atomic mass is 32.2. The molecule has 3 heterocycles. The van der Waals surface area contributed by atoms with E-state index in [1.165, 1.54) is 4.90 Å². The largest absolute Gasteiger partial charge is 0.494 e. The van der Waals surface area contributed by atoms with Crippen LogP contribution in [0.4, 0.5) is 11.4 Å². The van der Waals surface area contributed by atoms with Gasteiger partial charge >= 0.3 is 0 Å². The Morgan fingerprint density at radius 2 is 1.75 bits per heavy atom. The van der Waals surface area contributed by atoms with Crippen molar-refractivity contribution in [3.05, 3.63) is 66.7 Å². The summed E-state index contributed by atoms with van der Waals surface area (Å²) in [6, 6.07) is 19.5. The van der Waals surface area contributed by atoms with Crippen LogP contribution in [0.5, 0.6) is 5.75 Å². The van der Waals surface area contributed by atoms with Gasteiger partial charge in [0.2, 0.25) is 17.7 Å². The fraction of sp³-hybridized carbons (Fsp3) is 0.387. The first-order chi connectivity index (χ1) is 19.4. The molecule has 3 aliphatic rings. The minimum absolute atomic E-state index is 0.0563. The number of rotatable bonds is 8. The Morgan fingerprint density at radius 1 is 1.05 bits per heavy atom. The van der Waals surface area contributed by atoms with E-state index in [4.69, 9.17) is 4.74 Å². The van der Waals surface area contributed by atoms with Crippen molar-refractivity contribution in [1.29, 1.82) is 0 Å². The molecule has 3 amide bonds. The zero-order chi connectivity index (χ0) is 28.0. The minimum Gasteiger partial charge on any atom is -0.494 e. The lowest BCUT2D eigenvalue weighted by molar-refractivity contribution is -0.140. The van der Waals surface area contributed by atoms with Gasteiger partial charge < -0.3 is 25.4 Å². The molecule has 0 radical (unpaired) electrons. The molecule has 2 bridgehead atoms. The number of thioether (sulfide) groups is 1. The van der Waals surface area contributed by atoms with E-state index in [1.807, 2.05) is 49.4 Å². The fourth-order valence-corrected chi connectivity index (χ4v) is 8.96. The maximum atomic E-state index is 14.0. The number of aliphatic hydroxyl groups is 1. The van der Waals surface area contributed by atoms with Gasteiger partial charge in [-0.2, -0.15) is 0 Å². The van der Waals surface area contributed by atoms with Gasteiger partial charge in [-0.05, 0) is 73.9 Å². The highest BCUT2D eigenvalue weighted by Gasteiger charge is 2.74. The van der Waals surface area contributed by atoms with Crippen LogP contribution in [0.15, 0.2) is 66.7 Å². The molecule has 8 nitrogen and oxygen atoms in total. The second kappa shape index (κ2) is 10.4. The van der Waals surface area contributed by atoms with E-state index in [9.17, 15) is 19.5 Å². The lowest BCUT2D eigenvalue weighted by atomic mass is 9.70. The summed E-state index contributed by atoms with van der Waals surface area (Å²) in [5.74, 6) is -1.22. The van der Waals surface area contributed by atoms with Crippen LogP contribution in [0.2, 0.25) is 0 Å². The average molecular weight is 560 g/mol. The van der Waals surface area contributed by atoms with Gasteiger partial charge in [-0.25, -0.2) is 0 Å². The molecule has 9 heteroatoms. The minimum atomic E-state index is -0.795. The van der Waals surface area contributed by atoms with E-state index < -0.39 is 28.7 Å². The monoisotopic (exact) mass is 559 g/mol. The van der Waals surface area contributed by atoms with Crippen molar-refractivity contribution in [2.45, 2.75) is 48.8 Å². The second-order valence-corrected chi connectivity index (χ2v) is 12.4. The predicted molar refractivity (Wildman–Crippen MR) is 156 cm³/mol. The van der Waals surface area contributed by atoms with Crippen LogP contribution in [-0.2, 0) is 14.4 Å². The molecule has 1 spiro atoms. The molecule has 3 N–H and O–H groups in total. The number of carbonyl (C=O) groups excluding carboxylic acids is 3. The van der Waals surface area contributed by atoms with Crippen molar-refractivity contribution >= 4 is 51.6 Å². The molecular formula is C31H33N3O5S. The lowest BCUT2D eigenvalue weighted by Gasteiger charge is -2.36. The van der Waals surface area contributed by atoms with Crippen molar-refractivity contribution in [3.63, 3.8) is 0 Å². The van der Waals surface area contributed by atoms with E-state index >= 15 is 0 Å². The van der Waals surface area contributed by atoms with Crippen molar-refractivity contribution in [2.24, 2.45) is 11.8 Å². The van der Waals surface area contributed by atoms with Gasteiger partial charge in [0.05, 0.1) is 35.8 Å². The first-order valence-corrected chi connectivity index (χ1v) is 14.7. The Bertz CT molecular complexity index is 1460. The number of hydrogen-bond donors (Lipinski definition) is 3. The van der Waals surface area contributed by atoms with Gasteiger partial charge in [-0.15, -0.1) is 11.8 Å². The third-order valence-corrected chi connectivity index (χ3v) is 10.4. The quantitative estimate of drug-likeness (QED) is 0.380. The Morgan fingerprint density at radius 3 is 2.48 bits per heavy atom. The highest BCUT2D eigenvalue weighted by Crippen LogP contribution is 2.66. The topological polar surface area (TPSA) is 108 Å². The summed E-state index contributed by atoms with van der Waals surface area (Å²) in [6.45, 7) is 3.94. The number of aliphatic hydroxyl groups excluding tert-OH is 1. The van der Waals surface area contributed by atoms with Crippen LogP contribution < -0.4 is 15.4 Å². The number of nitrogens with one attached hydrogen (secondary N) is 2. The van der Waals surface area contributed by atoms with Gasteiger partial charge in [-0.3, -0.25) is 14.4 Å². The van der Waals surface area contributed by atoms with E-state index in [-0.39, 0.29) is 29.6 Å². The molecular weight excluding hydrogens is 526 g/mol. The normalized spacial score (nSPS) is 27.5. The van der Waals surface area contributed by atoms with Crippen molar-refractivity contribution in [2.75, 3.05) is 23.8 Å². The van der Waals surface area contributed by atoms with Crippen LogP contribution in [0.1, 0.15) is 26.7 Å². The summed E-state index contributed by atoms with van der Waals surface area (Å²) in [5, 5.41) is 18.1. The van der Waals surface area contributed by atoms with Crippen LogP contribution in [-0.4, -0.2) is 63.0 Å². The number of benzene rings is 3. The van der Waals surface area contributed by atoms with Gasteiger partial charge in [0.25, 0.3) is 0 Å². The number of fused-ring (bicyclic) bond motifs is 2. The number of nitrogens with zero attached hydrogens (tertiary/aromatic N) is 1. The molecule has 2 unspecified atom stereocenters. The molecule has 0 aliphatic carbocycles. The number of ether oxygens (including phenoxy) is 1. The maximum absolute atomic E-state index is 14.0. The van der Waals surface area contributed by atoms with E-state index in [1.54, 1.807) is 43.0 Å². The SMILES string of the molecule is CCOc1ccc(NC(=O)[C@@H]2[C@H]3C(=O)N([C@H](C)CO)C(C(=O)Nc4ccc5ccccc5c4)C34CC[C@H]2S4)cc1. The van der Waals surface area contributed by atoms with E-state index in [2.05, 4.69) is 10.6 Å². The van der Waals surface area contributed by atoms with Gasteiger partial charge in [-0.1, -0.05) is 30.3 Å². The van der Waals surface area contributed by atoms with E-state index in [0.717, 1.165) is 22.9 Å². The van der Waals surface area contributed by atoms with Crippen LogP contribution in [0.25, 0.3) is 10.8 Å². The Labute approximate surface area is 237 Å². The molecule has 6 atom stereocenters. The third-order valence-electron chi connectivity index (χ3n) is 8.48. The summed E-state index contributed by atoms with van der Waals surface area (Å²) >= 11 is 1.60. The molecule has 0 saturated carbocycles. The maximum Gasteiger partial charge on any atom is 0.248 e. The average Bonchev–Trinajstić information content (AvgIpc) is 3.61. The number of hydrogen-bond acceptors (Lipinski definition) is 6. The number of carbonyl (C=O) groups is 3. The Balaban J connectivity index is 1.29. The Kier molecular flexibility index (Phi) is 6.96.